The molecular weight excluding hydrogens is 288 g/mol. The first-order valence-electron chi connectivity index (χ1n) is 7.08. The second-order valence-corrected chi connectivity index (χ2v) is 5.10. The molecule has 0 amide bonds. The summed E-state index contributed by atoms with van der Waals surface area (Å²) in [5.41, 5.74) is 3.88. The van der Waals surface area contributed by atoms with Crippen LogP contribution in [0.3, 0.4) is 0 Å². The predicted molar refractivity (Wildman–Crippen MR) is 87.7 cm³/mol. The number of imidazole rings is 1. The summed E-state index contributed by atoms with van der Waals surface area (Å²) in [6.45, 7) is 1.86. The number of carboxylic acids is 1. The van der Waals surface area contributed by atoms with Gasteiger partial charge in [0.1, 0.15) is 0 Å². The third-order valence-electron chi connectivity index (χ3n) is 3.48. The normalized spacial score (nSPS) is 9.96. The molecule has 3 rings (SSSR count). The zero-order valence-corrected chi connectivity index (χ0v) is 12.5. The van der Waals surface area contributed by atoms with E-state index in [9.17, 15) is 4.79 Å². The van der Waals surface area contributed by atoms with Gasteiger partial charge in [0, 0.05) is 29.2 Å². The molecule has 0 fully saturated rings. The summed E-state index contributed by atoms with van der Waals surface area (Å²) in [7, 11) is 0. The van der Waals surface area contributed by atoms with E-state index in [2.05, 4.69) is 16.8 Å². The SMILES string of the molecule is Cc1cc(C(=O)O)ccc1C#Cc1ccc(-n2ccnc2)cc1. The van der Waals surface area contributed by atoms with E-state index >= 15 is 0 Å². The summed E-state index contributed by atoms with van der Waals surface area (Å²) in [5.74, 6) is 5.26. The van der Waals surface area contributed by atoms with Gasteiger partial charge >= 0.3 is 5.97 Å². The largest absolute Gasteiger partial charge is 0.478 e. The van der Waals surface area contributed by atoms with E-state index in [-0.39, 0.29) is 5.56 Å². The lowest BCUT2D eigenvalue weighted by Crippen LogP contribution is -1.97. The number of hydrogen-bond donors (Lipinski definition) is 1. The predicted octanol–water partition coefficient (Wildman–Crippen LogP) is 3.28. The molecule has 1 N–H and O–H groups in total. The molecule has 2 aromatic carbocycles. The first-order chi connectivity index (χ1) is 11.1. The number of aromatic nitrogens is 2. The van der Waals surface area contributed by atoms with Crippen molar-refractivity contribution in [2.45, 2.75) is 6.92 Å². The lowest BCUT2D eigenvalue weighted by Gasteiger charge is -2.01. The molecule has 0 atom stereocenters. The van der Waals surface area contributed by atoms with E-state index in [1.165, 1.54) is 0 Å². The highest BCUT2D eigenvalue weighted by Gasteiger charge is 2.04. The lowest BCUT2D eigenvalue weighted by molar-refractivity contribution is 0.0697. The molecule has 0 aliphatic heterocycles. The van der Waals surface area contributed by atoms with Gasteiger partial charge in [0.05, 0.1) is 11.9 Å². The van der Waals surface area contributed by atoms with Crippen LogP contribution in [-0.2, 0) is 0 Å². The van der Waals surface area contributed by atoms with Crippen LogP contribution in [0.15, 0.2) is 61.2 Å². The summed E-state index contributed by atoms with van der Waals surface area (Å²) in [5, 5.41) is 8.97. The van der Waals surface area contributed by atoms with E-state index < -0.39 is 5.97 Å². The molecule has 4 heteroatoms. The lowest BCUT2D eigenvalue weighted by atomic mass is 10.0. The minimum atomic E-state index is -0.928. The van der Waals surface area contributed by atoms with Gasteiger partial charge < -0.3 is 9.67 Å². The Hall–Kier alpha value is -3.32. The molecule has 3 aromatic rings. The number of benzene rings is 2. The molecule has 0 aliphatic rings. The van der Waals surface area contributed by atoms with Crippen molar-refractivity contribution in [3.8, 4) is 17.5 Å². The van der Waals surface area contributed by atoms with Gasteiger partial charge in [-0.1, -0.05) is 11.8 Å². The second kappa shape index (κ2) is 6.20. The average Bonchev–Trinajstić information content (AvgIpc) is 3.08. The van der Waals surface area contributed by atoms with Crippen LogP contribution in [0.25, 0.3) is 5.69 Å². The fraction of sp³-hybridized carbons (Fsp3) is 0.0526. The quantitative estimate of drug-likeness (QED) is 0.739. The number of aromatic carboxylic acids is 1. The number of carboxylic acid groups (broad SMARTS) is 1. The number of aryl methyl sites for hydroxylation is 1. The fourth-order valence-electron chi connectivity index (χ4n) is 2.21. The summed E-state index contributed by atoms with van der Waals surface area (Å²) < 4.78 is 1.92. The smallest absolute Gasteiger partial charge is 0.335 e. The van der Waals surface area contributed by atoms with Gasteiger partial charge in [0.15, 0.2) is 0 Å². The van der Waals surface area contributed by atoms with Crippen LogP contribution in [-0.4, -0.2) is 20.6 Å². The summed E-state index contributed by atoms with van der Waals surface area (Å²) in [4.78, 5) is 15.0. The Labute approximate surface area is 134 Å². The Kier molecular flexibility index (Phi) is 3.94. The van der Waals surface area contributed by atoms with Crippen molar-refractivity contribution in [3.63, 3.8) is 0 Å². The first-order valence-corrected chi connectivity index (χ1v) is 7.08. The Morgan fingerprint density at radius 3 is 2.52 bits per heavy atom. The van der Waals surface area contributed by atoms with E-state index in [1.807, 2.05) is 42.0 Å². The fourth-order valence-corrected chi connectivity index (χ4v) is 2.21. The highest BCUT2D eigenvalue weighted by Crippen LogP contribution is 2.12. The van der Waals surface area contributed by atoms with Crippen molar-refractivity contribution in [2.75, 3.05) is 0 Å². The minimum absolute atomic E-state index is 0.276. The molecular formula is C19H14N2O2. The molecule has 112 valence electrons. The maximum absolute atomic E-state index is 10.9. The van der Waals surface area contributed by atoms with Crippen LogP contribution in [0, 0.1) is 18.8 Å². The van der Waals surface area contributed by atoms with Crippen LogP contribution in [0.2, 0.25) is 0 Å². The standard InChI is InChI=1S/C19H14N2O2/c1-14-12-17(19(22)23)7-6-16(14)5-2-15-3-8-18(9-4-15)21-11-10-20-13-21/h3-4,6-13H,1H3,(H,22,23). The molecule has 4 nitrogen and oxygen atoms in total. The van der Waals surface area contributed by atoms with E-state index in [0.717, 1.165) is 22.4 Å². The second-order valence-electron chi connectivity index (χ2n) is 5.10. The Morgan fingerprint density at radius 1 is 1.13 bits per heavy atom. The molecule has 0 unspecified atom stereocenters. The van der Waals surface area contributed by atoms with Crippen molar-refractivity contribution in [1.29, 1.82) is 0 Å². The number of nitrogens with zero attached hydrogens (tertiary/aromatic N) is 2. The maximum Gasteiger partial charge on any atom is 0.335 e. The minimum Gasteiger partial charge on any atom is -0.478 e. The third kappa shape index (κ3) is 3.30. The van der Waals surface area contributed by atoms with Gasteiger partial charge in [-0.05, 0) is 55.0 Å². The molecule has 0 saturated carbocycles. The maximum atomic E-state index is 10.9. The topological polar surface area (TPSA) is 55.1 Å². The van der Waals surface area contributed by atoms with Gasteiger partial charge in [-0.15, -0.1) is 0 Å². The van der Waals surface area contributed by atoms with Gasteiger partial charge in [0.2, 0.25) is 0 Å². The molecule has 0 aliphatic carbocycles. The first kappa shape index (κ1) is 14.6. The van der Waals surface area contributed by atoms with E-state index in [1.54, 1.807) is 30.7 Å². The highest BCUT2D eigenvalue weighted by molar-refractivity contribution is 5.88. The summed E-state index contributed by atoms with van der Waals surface area (Å²) >= 11 is 0. The van der Waals surface area contributed by atoms with E-state index in [4.69, 9.17) is 5.11 Å². The van der Waals surface area contributed by atoms with Crippen molar-refractivity contribution in [3.05, 3.63) is 83.4 Å². The molecule has 0 bridgehead atoms. The van der Waals surface area contributed by atoms with Crippen molar-refractivity contribution < 1.29 is 9.90 Å². The molecule has 0 saturated heterocycles. The average molecular weight is 302 g/mol. The van der Waals surface area contributed by atoms with Gasteiger partial charge in [0.25, 0.3) is 0 Å². The van der Waals surface area contributed by atoms with Gasteiger partial charge in [-0.2, -0.15) is 0 Å². The summed E-state index contributed by atoms with van der Waals surface area (Å²) in [6.07, 6.45) is 5.36. The van der Waals surface area contributed by atoms with E-state index in [0.29, 0.717) is 0 Å². The number of hydrogen-bond acceptors (Lipinski definition) is 2. The molecule has 0 radical (unpaired) electrons. The Bertz CT molecular complexity index is 899. The Balaban J connectivity index is 1.83. The number of rotatable bonds is 2. The van der Waals surface area contributed by atoms with Crippen LogP contribution in [0.1, 0.15) is 27.0 Å². The highest BCUT2D eigenvalue weighted by atomic mass is 16.4. The van der Waals surface area contributed by atoms with Crippen molar-refractivity contribution in [2.24, 2.45) is 0 Å². The summed E-state index contributed by atoms with van der Waals surface area (Å²) in [6, 6.07) is 12.8. The third-order valence-corrected chi connectivity index (χ3v) is 3.48. The number of carbonyl (C=O) groups is 1. The van der Waals surface area contributed by atoms with Crippen LogP contribution in [0.4, 0.5) is 0 Å². The molecule has 23 heavy (non-hydrogen) atoms. The van der Waals surface area contributed by atoms with Crippen LogP contribution < -0.4 is 0 Å². The van der Waals surface area contributed by atoms with Crippen LogP contribution >= 0.6 is 0 Å². The zero-order valence-electron chi connectivity index (χ0n) is 12.5. The molecule has 1 heterocycles. The monoisotopic (exact) mass is 302 g/mol. The Morgan fingerprint density at radius 2 is 1.91 bits per heavy atom. The van der Waals surface area contributed by atoms with Gasteiger partial charge in [-0.25, -0.2) is 9.78 Å². The molecule has 1 aromatic heterocycles. The zero-order chi connectivity index (χ0) is 16.2. The van der Waals surface area contributed by atoms with Crippen molar-refractivity contribution >= 4 is 5.97 Å². The molecule has 0 spiro atoms. The van der Waals surface area contributed by atoms with Gasteiger partial charge in [-0.3, -0.25) is 0 Å². The van der Waals surface area contributed by atoms with Crippen LogP contribution in [0.5, 0.6) is 0 Å². The van der Waals surface area contributed by atoms with Crippen molar-refractivity contribution in [1.82, 2.24) is 9.55 Å².